The van der Waals surface area contributed by atoms with E-state index in [1.54, 1.807) is 19.2 Å². The van der Waals surface area contributed by atoms with Gasteiger partial charge in [0.25, 0.3) is 0 Å². The number of aliphatic imine (C=N–C) groups is 1. The van der Waals surface area contributed by atoms with Crippen LogP contribution in [0.1, 0.15) is 55.5 Å². The molecule has 1 heterocycles. The average molecular weight is 537 g/mol. The van der Waals surface area contributed by atoms with Gasteiger partial charge in [0.1, 0.15) is 23.1 Å². The molecule has 40 heavy (non-hydrogen) atoms. The van der Waals surface area contributed by atoms with E-state index in [1.165, 1.54) is 11.6 Å². The number of carboxylic acids is 1. The van der Waals surface area contributed by atoms with Crippen molar-refractivity contribution in [1.82, 2.24) is 0 Å². The summed E-state index contributed by atoms with van der Waals surface area (Å²) in [5.41, 5.74) is 6.28. The summed E-state index contributed by atoms with van der Waals surface area (Å²) in [6, 6.07) is 26.1. The lowest BCUT2D eigenvalue weighted by atomic mass is 9.86. The van der Waals surface area contributed by atoms with Gasteiger partial charge in [-0.3, -0.25) is 4.79 Å². The van der Waals surface area contributed by atoms with E-state index in [9.17, 15) is 9.90 Å². The van der Waals surface area contributed by atoms with Crippen LogP contribution in [0.4, 0.5) is 15.8 Å². The minimum absolute atomic E-state index is 0.161. The van der Waals surface area contributed by atoms with Crippen LogP contribution in [-0.4, -0.2) is 24.0 Å². The fraction of sp³-hybridized carbons (Fsp3) is 0.235. The second-order valence-electron chi connectivity index (χ2n) is 11.2. The molecule has 4 aromatic rings. The monoisotopic (exact) mass is 536 g/mol. The first-order valence-electron chi connectivity index (χ1n) is 13.3. The molecular formula is C34H33FN2O3. The van der Waals surface area contributed by atoms with Gasteiger partial charge >= 0.3 is 5.97 Å². The highest BCUT2D eigenvalue weighted by atomic mass is 19.1. The Morgan fingerprint density at radius 3 is 2.30 bits per heavy atom. The van der Waals surface area contributed by atoms with Crippen LogP contribution >= 0.6 is 0 Å². The quantitative estimate of drug-likeness (QED) is 0.270. The molecule has 6 heteroatoms. The van der Waals surface area contributed by atoms with Gasteiger partial charge in [0.15, 0.2) is 0 Å². The highest BCUT2D eigenvalue weighted by Gasteiger charge is 2.36. The SMILES string of the molecule is COc1ccc(C(C)(C)C)cc1N1C(c2ccc(-c3cccc(C)c3)cc2)=Nc2c(F)cccc2C1CC(=O)O. The Hall–Kier alpha value is -4.45. The van der Waals surface area contributed by atoms with Crippen molar-refractivity contribution in [2.75, 3.05) is 12.0 Å². The van der Waals surface area contributed by atoms with Crippen LogP contribution in [0.25, 0.3) is 11.1 Å². The second-order valence-corrected chi connectivity index (χ2v) is 11.2. The number of carboxylic acid groups (broad SMARTS) is 1. The van der Waals surface area contributed by atoms with Gasteiger partial charge in [-0.15, -0.1) is 0 Å². The lowest BCUT2D eigenvalue weighted by molar-refractivity contribution is -0.137. The third-order valence-corrected chi connectivity index (χ3v) is 7.30. The first-order chi connectivity index (χ1) is 19.1. The third-order valence-electron chi connectivity index (χ3n) is 7.30. The number of hydrogen-bond donors (Lipinski definition) is 1. The number of aliphatic carboxylic acids is 1. The largest absolute Gasteiger partial charge is 0.495 e. The second kappa shape index (κ2) is 10.6. The molecule has 1 atom stereocenters. The van der Waals surface area contributed by atoms with Gasteiger partial charge in [-0.25, -0.2) is 9.38 Å². The molecular weight excluding hydrogens is 503 g/mol. The van der Waals surface area contributed by atoms with Gasteiger partial charge in [0.05, 0.1) is 25.3 Å². The number of amidine groups is 1. The summed E-state index contributed by atoms with van der Waals surface area (Å²) in [5.74, 6) is -0.444. The minimum atomic E-state index is -0.993. The van der Waals surface area contributed by atoms with Crippen molar-refractivity contribution in [2.24, 2.45) is 4.99 Å². The van der Waals surface area contributed by atoms with Crippen molar-refractivity contribution < 1.29 is 19.0 Å². The number of benzene rings is 4. The summed E-state index contributed by atoms with van der Waals surface area (Å²) < 4.78 is 21.0. The Bertz CT molecular complexity index is 1600. The van der Waals surface area contributed by atoms with E-state index in [4.69, 9.17) is 9.73 Å². The molecule has 0 aliphatic carbocycles. The van der Waals surface area contributed by atoms with Crippen LogP contribution in [0.2, 0.25) is 0 Å². The molecule has 1 N–H and O–H groups in total. The molecule has 204 valence electrons. The summed E-state index contributed by atoms with van der Waals surface area (Å²) in [7, 11) is 1.59. The summed E-state index contributed by atoms with van der Waals surface area (Å²) in [5, 5.41) is 9.99. The van der Waals surface area contributed by atoms with Gasteiger partial charge in [-0.05, 0) is 47.2 Å². The smallest absolute Gasteiger partial charge is 0.305 e. The summed E-state index contributed by atoms with van der Waals surface area (Å²) in [4.78, 5) is 18.9. The molecule has 0 spiro atoms. The standard InChI is InChI=1S/C34H33FN2O3/c1-21-8-6-9-24(18-21)22-12-14-23(15-13-22)33-36-32-26(10-7-11-27(32)35)28(20-31(38)39)37(33)29-19-25(34(2,3)4)16-17-30(29)40-5/h6-19,28H,20H2,1-5H3,(H,38,39). The third kappa shape index (κ3) is 5.22. The molecule has 1 aliphatic rings. The van der Waals surface area contributed by atoms with Crippen LogP contribution in [0.5, 0.6) is 5.75 Å². The number of rotatable bonds is 6. The lowest BCUT2D eigenvalue weighted by Gasteiger charge is -2.39. The van der Waals surface area contributed by atoms with E-state index >= 15 is 4.39 Å². The normalized spacial score (nSPS) is 14.9. The molecule has 1 unspecified atom stereocenters. The number of aryl methyl sites for hydroxylation is 1. The van der Waals surface area contributed by atoms with E-state index in [1.807, 2.05) is 53.4 Å². The van der Waals surface area contributed by atoms with Gasteiger partial charge in [0.2, 0.25) is 0 Å². The van der Waals surface area contributed by atoms with Gasteiger partial charge in [-0.2, -0.15) is 0 Å². The molecule has 0 fully saturated rings. The van der Waals surface area contributed by atoms with E-state index in [2.05, 4.69) is 45.9 Å². The molecule has 0 amide bonds. The van der Waals surface area contributed by atoms with Crippen molar-refractivity contribution >= 4 is 23.2 Å². The number of halogens is 1. The molecule has 0 bridgehead atoms. The number of carbonyl (C=O) groups is 1. The fourth-order valence-electron chi connectivity index (χ4n) is 5.20. The van der Waals surface area contributed by atoms with Crippen molar-refractivity contribution in [1.29, 1.82) is 0 Å². The summed E-state index contributed by atoms with van der Waals surface area (Å²) in [6.45, 7) is 8.41. The number of anilines is 1. The summed E-state index contributed by atoms with van der Waals surface area (Å²) in [6.07, 6.45) is -0.250. The minimum Gasteiger partial charge on any atom is -0.495 e. The number of fused-ring (bicyclic) bond motifs is 1. The zero-order chi connectivity index (χ0) is 28.6. The number of methoxy groups -OCH3 is 1. The predicted molar refractivity (Wildman–Crippen MR) is 158 cm³/mol. The molecule has 0 aromatic heterocycles. The Kier molecular flexibility index (Phi) is 7.19. The van der Waals surface area contributed by atoms with E-state index in [0.29, 0.717) is 22.8 Å². The molecule has 5 rings (SSSR count). The molecule has 1 aliphatic heterocycles. The predicted octanol–water partition coefficient (Wildman–Crippen LogP) is 8.22. The molecule has 0 radical (unpaired) electrons. The highest BCUT2D eigenvalue weighted by Crippen LogP contribution is 2.46. The number of nitrogens with zero attached hydrogens (tertiary/aromatic N) is 2. The van der Waals surface area contributed by atoms with Crippen molar-refractivity contribution in [2.45, 2.75) is 45.6 Å². The van der Waals surface area contributed by atoms with Crippen LogP contribution in [0.15, 0.2) is 89.9 Å². The molecule has 0 saturated heterocycles. The van der Waals surface area contributed by atoms with Crippen molar-refractivity contribution in [3.8, 4) is 16.9 Å². The Morgan fingerprint density at radius 2 is 1.65 bits per heavy atom. The summed E-state index contributed by atoms with van der Waals surface area (Å²) >= 11 is 0. The molecule has 0 saturated carbocycles. The van der Waals surface area contributed by atoms with E-state index in [-0.39, 0.29) is 17.5 Å². The molecule has 5 nitrogen and oxygen atoms in total. The van der Waals surface area contributed by atoms with Gasteiger partial charge < -0.3 is 14.7 Å². The van der Waals surface area contributed by atoms with Crippen LogP contribution in [0.3, 0.4) is 0 Å². The highest BCUT2D eigenvalue weighted by molar-refractivity contribution is 6.14. The first-order valence-corrected chi connectivity index (χ1v) is 13.3. The van der Waals surface area contributed by atoms with Gasteiger partial charge in [-0.1, -0.05) is 93.1 Å². The lowest BCUT2D eigenvalue weighted by Crippen LogP contribution is -2.39. The van der Waals surface area contributed by atoms with Gasteiger partial charge in [0, 0.05) is 11.1 Å². The van der Waals surface area contributed by atoms with E-state index < -0.39 is 17.8 Å². The van der Waals surface area contributed by atoms with Crippen LogP contribution in [-0.2, 0) is 10.2 Å². The Labute approximate surface area is 234 Å². The Morgan fingerprint density at radius 1 is 0.950 bits per heavy atom. The Balaban J connectivity index is 1.74. The van der Waals surface area contributed by atoms with Crippen LogP contribution < -0.4 is 9.64 Å². The topological polar surface area (TPSA) is 62.1 Å². The maximum Gasteiger partial charge on any atom is 0.305 e. The maximum absolute atomic E-state index is 15.2. The fourth-order valence-corrected chi connectivity index (χ4v) is 5.20. The molecule has 4 aromatic carbocycles. The van der Waals surface area contributed by atoms with Crippen molar-refractivity contribution in [3.63, 3.8) is 0 Å². The zero-order valence-corrected chi connectivity index (χ0v) is 23.4. The first kappa shape index (κ1) is 27.1. The number of hydrogen-bond acceptors (Lipinski definition) is 4. The van der Waals surface area contributed by atoms with Crippen LogP contribution in [0, 0.1) is 12.7 Å². The maximum atomic E-state index is 15.2. The number of ether oxygens (including phenoxy) is 1. The van der Waals surface area contributed by atoms with Crippen molar-refractivity contribution in [3.05, 3.63) is 113 Å². The average Bonchev–Trinajstić information content (AvgIpc) is 2.92. The number of para-hydroxylation sites is 1. The zero-order valence-electron chi connectivity index (χ0n) is 23.4. The van der Waals surface area contributed by atoms with E-state index in [0.717, 1.165) is 22.3 Å².